The van der Waals surface area contributed by atoms with Gasteiger partial charge in [-0.3, -0.25) is 9.48 Å². The Hall–Kier alpha value is -4.92. The second-order valence-electron chi connectivity index (χ2n) is 8.44. The number of hydrogen-bond donors (Lipinski definition) is 1. The van der Waals surface area contributed by atoms with E-state index in [1.165, 1.54) is 6.07 Å². The number of pyridine rings is 1. The topological polar surface area (TPSA) is 90.0 Å². The first-order valence-corrected chi connectivity index (χ1v) is 11.3. The van der Waals surface area contributed by atoms with Gasteiger partial charge >= 0.3 is 0 Å². The molecule has 1 N–H and O–H groups in total. The molecule has 0 spiro atoms. The first-order chi connectivity index (χ1) is 17.5. The predicted octanol–water partition coefficient (Wildman–Crippen LogP) is 5.04. The average molecular weight is 478 g/mol. The second-order valence-corrected chi connectivity index (χ2v) is 8.44. The number of aromatic nitrogens is 6. The Kier molecular flexibility index (Phi) is 5.03. The fourth-order valence-corrected chi connectivity index (χ4v) is 4.34. The molecule has 2 aromatic carbocycles. The molecule has 176 valence electrons. The number of nitrogens with one attached hydrogen (secondary N) is 1. The zero-order valence-electron chi connectivity index (χ0n) is 19.5. The SMILES string of the molecule is Cc1cc(-c2nc3cccnn3c2-c2ccnc(NC(=O)c3nn(C)c4ccccc34)c2)ccc1F. The first kappa shape index (κ1) is 21.6. The van der Waals surface area contributed by atoms with Gasteiger partial charge in [0.2, 0.25) is 0 Å². The maximum atomic E-state index is 14.0. The van der Waals surface area contributed by atoms with Crippen LogP contribution in [0.2, 0.25) is 0 Å². The Labute approximate surface area is 205 Å². The minimum Gasteiger partial charge on any atom is -0.305 e. The number of anilines is 1. The van der Waals surface area contributed by atoms with Crippen LogP contribution in [0.15, 0.2) is 79.1 Å². The van der Waals surface area contributed by atoms with Gasteiger partial charge in [0.05, 0.1) is 11.2 Å². The van der Waals surface area contributed by atoms with Crippen LogP contribution in [-0.4, -0.2) is 35.3 Å². The Bertz CT molecular complexity index is 1790. The van der Waals surface area contributed by atoms with Crippen molar-refractivity contribution >= 4 is 28.3 Å². The fraction of sp³-hybridized carbons (Fsp3) is 0.0741. The van der Waals surface area contributed by atoms with Gasteiger partial charge in [0.15, 0.2) is 11.3 Å². The molecule has 4 aromatic heterocycles. The predicted molar refractivity (Wildman–Crippen MR) is 135 cm³/mol. The van der Waals surface area contributed by atoms with Gasteiger partial charge in [0, 0.05) is 36.0 Å². The number of halogens is 1. The minimum absolute atomic E-state index is 0.279. The van der Waals surface area contributed by atoms with Crippen molar-refractivity contribution in [3.05, 3.63) is 96.2 Å². The molecule has 4 heterocycles. The van der Waals surface area contributed by atoms with Crippen molar-refractivity contribution in [1.82, 2.24) is 29.4 Å². The number of para-hydroxylation sites is 1. The van der Waals surface area contributed by atoms with Gasteiger partial charge in [-0.1, -0.05) is 18.2 Å². The average Bonchev–Trinajstić information content (AvgIpc) is 3.44. The molecule has 0 fully saturated rings. The van der Waals surface area contributed by atoms with Crippen molar-refractivity contribution in [3.63, 3.8) is 0 Å². The zero-order valence-corrected chi connectivity index (χ0v) is 19.5. The number of fused-ring (bicyclic) bond motifs is 2. The molecule has 0 saturated carbocycles. The fourth-order valence-electron chi connectivity index (χ4n) is 4.34. The number of rotatable bonds is 4. The summed E-state index contributed by atoms with van der Waals surface area (Å²) in [5.41, 5.74) is 5.21. The van der Waals surface area contributed by atoms with Crippen molar-refractivity contribution in [1.29, 1.82) is 0 Å². The maximum absolute atomic E-state index is 14.0. The minimum atomic E-state index is -0.359. The van der Waals surface area contributed by atoms with E-state index in [2.05, 4.69) is 20.5 Å². The highest BCUT2D eigenvalue weighted by Crippen LogP contribution is 2.33. The molecule has 0 saturated heterocycles. The van der Waals surface area contributed by atoms with E-state index in [1.807, 2.05) is 36.4 Å². The van der Waals surface area contributed by atoms with Crippen LogP contribution in [0.1, 0.15) is 16.1 Å². The molecule has 6 rings (SSSR count). The van der Waals surface area contributed by atoms with Crippen molar-refractivity contribution in [2.75, 3.05) is 5.32 Å². The third-order valence-electron chi connectivity index (χ3n) is 6.07. The first-order valence-electron chi connectivity index (χ1n) is 11.3. The van der Waals surface area contributed by atoms with Crippen molar-refractivity contribution < 1.29 is 9.18 Å². The number of benzene rings is 2. The van der Waals surface area contributed by atoms with Crippen LogP contribution in [0.3, 0.4) is 0 Å². The van der Waals surface area contributed by atoms with E-state index in [1.54, 1.807) is 59.8 Å². The molecule has 0 aliphatic rings. The normalized spacial score (nSPS) is 11.3. The van der Waals surface area contributed by atoms with E-state index in [4.69, 9.17) is 4.98 Å². The van der Waals surface area contributed by atoms with Crippen LogP contribution in [0, 0.1) is 12.7 Å². The highest BCUT2D eigenvalue weighted by Gasteiger charge is 2.20. The highest BCUT2D eigenvalue weighted by atomic mass is 19.1. The third kappa shape index (κ3) is 3.58. The second kappa shape index (κ2) is 8.38. The molecule has 0 aliphatic carbocycles. The monoisotopic (exact) mass is 477 g/mol. The van der Waals surface area contributed by atoms with E-state index in [-0.39, 0.29) is 11.7 Å². The Morgan fingerprint density at radius 1 is 0.972 bits per heavy atom. The van der Waals surface area contributed by atoms with E-state index in [0.29, 0.717) is 34.1 Å². The van der Waals surface area contributed by atoms with Crippen molar-refractivity contribution in [2.24, 2.45) is 7.05 Å². The lowest BCUT2D eigenvalue weighted by Gasteiger charge is -2.08. The number of amides is 1. The molecular weight excluding hydrogens is 457 g/mol. The number of nitrogens with zero attached hydrogens (tertiary/aromatic N) is 6. The van der Waals surface area contributed by atoms with Crippen LogP contribution < -0.4 is 5.32 Å². The molecule has 9 heteroatoms. The van der Waals surface area contributed by atoms with Crippen LogP contribution in [-0.2, 0) is 7.05 Å². The molecule has 6 aromatic rings. The van der Waals surface area contributed by atoms with Crippen molar-refractivity contribution in [2.45, 2.75) is 6.92 Å². The van der Waals surface area contributed by atoms with Crippen LogP contribution in [0.25, 0.3) is 39.1 Å². The van der Waals surface area contributed by atoms with Crippen LogP contribution in [0.5, 0.6) is 0 Å². The molecular formula is C27H20FN7O. The summed E-state index contributed by atoms with van der Waals surface area (Å²) in [7, 11) is 1.80. The Morgan fingerprint density at radius 2 is 1.83 bits per heavy atom. The maximum Gasteiger partial charge on any atom is 0.277 e. The number of carbonyl (C=O) groups is 1. The summed E-state index contributed by atoms with van der Waals surface area (Å²) < 4.78 is 17.4. The van der Waals surface area contributed by atoms with Crippen LogP contribution >= 0.6 is 0 Å². The molecule has 0 unspecified atom stereocenters. The smallest absolute Gasteiger partial charge is 0.277 e. The molecule has 0 aliphatic heterocycles. The van der Waals surface area contributed by atoms with Gasteiger partial charge in [0.1, 0.15) is 17.3 Å². The number of carbonyl (C=O) groups excluding carboxylic acids is 1. The van der Waals surface area contributed by atoms with Gasteiger partial charge in [-0.15, -0.1) is 0 Å². The largest absolute Gasteiger partial charge is 0.305 e. The summed E-state index contributed by atoms with van der Waals surface area (Å²) in [6.07, 6.45) is 3.29. The summed E-state index contributed by atoms with van der Waals surface area (Å²) in [6, 6.07) is 19.7. The molecule has 0 radical (unpaired) electrons. The Morgan fingerprint density at radius 3 is 2.69 bits per heavy atom. The summed E-state index contributed by atoms with van der Waals surface area (Å²) in [6.45, 7) is 1.72. The highest BCUT2D eigenvalue weighted by molar-refractivity contribution is 6.11. The number of imidazole rings is 1. The quantitative estimate of drug-likeness (QED) is 0.384. The lowest BCUT2D eigenvalue weighted by Crippen LogP contribution is -2.14. The zero-order chi connectivity index (χ0) is 24.8. The van der Waals surface area contributed by atoms with Gasteiger partial charge in [-0.25, -0.2) is 18.9 Å². The molecule has 0 atom stereocenters. The van der Waals surface area contributed by atoms with Gasteiger partial charge in [0.25, 0.3) is 5.91 Å². The molecule has 0 bridgehead atoms. The standard InChI is InChI=1S/C27H20FN7O/c1-16-14-17(9-10-20(16)28)24-26(35-23(32-24)8-5-12-30-35)18-11-13-29-22(15-18)31-27(36)25-19-6-3-4-7-21(19)34(2)33-25/h3-15H,1-2H3,(H,29,31,36). The summed E-state index contributed by atoms with van der Waals surface area (Å²) >= 11 is 0. The third-order valence-corrected chi connectivity index (χ3v) is 6.07. The summed E-state index contributed by atoms with van der Waals surface area (Å²) in [5.74, 6) is -0.278. The lowest BCUT2D eigenvalue weighted by atomic mass is 10.0. The van der Waals surface area contributed by atoms with Crippen LogP contribution in [0.4, 0.5) is 10.2 Å². The van der Waals surface area contributed by atoms with E-state index in [0.717, 1.165) is 22.0 Å². The van der Waals surface area contributed by atoms with Crippen molar-refractivity contribution in [3.8, 4) is 22.5 Å². The molecule has 1 amide bonds. The summed E-state index contributed by atoms with van der Waals surface area (Å²) in [5, 5.41) is 12.5. The van der Waals surface area contributed by atoms with Gasteiger partial charge in [-0.2, -0.15) is 10.2 Å². The van der Waals surface area contributed by atoms with E-state index >= 15 is 0 Å². The van der Waals surface area contributed by atoms with Gasteiger partial charge in [-0.05, 0) is 61.0 Å². The molecule has 36 heavy (non-hydrogen) atoms. The number of hydrogen-bond acceptors (Lipinski definition) is 5. The lowest BCUT2D eigenvalue weighted by molar-refractivity contribution is 0.102. The van der Waals surface area contributed by atoms with E-state index in [9.17, 15) is 9.18 Å². The number of aryl methyl sites for hydroxylation is 2. The van der Waals surface area contributed by atoms with Gasteiger partial charge < -0.3 is 5.32 Å². The molecule has 8 nitrogen and oxygen atoms in total. The van der Waals surface area contributed by atoms with E-state index < -0.39 is 0 Å². The Balaban J connectivity index is 1.43. The summed E-state index contributed by atoms with van der Waals surface area (Å²) in [4.78, 5) is 22.2.